The van der Waals surface area contributed by atoms with Crippen molar-refractivity contribution < 1.29 is 44.3 Å². The van der Waals surface area contributed by atoms with Crippen LogP contribution in [0.3, 0.4) is 0 Å². The van der Waals surface area contributed by atoms with Crippen LogP contribution in [0.5, 0.6) is 0 Å². The largest absolute Gasteiger partial charge is 0.397 e. The van der Waals surface area contributed by atoms with Gasteiger partial charge in [0, 0.05) is 48.8 Å². The fourth-order valence-corrected chi connectivity index (χ4v) is 8.30. The Labute approximate surface area is 339 Å². The zero-order valence-corrected chi connectivity index (χ0v) is 33.2. The Morgan fingerprint density at radius 1 is 1.17 bits per heavy atom. The van der Waals surface area contributed by atoms with E-state index in [1.165, 1.54) is 10.7 Å². The second-order valence-electron chi connectivity index (χ2n) is 14.8. The first-order valence-electron chi connectivity index (χ1n) is 18.2. The molecule has 0 bridgehead atoms. The second kappa shape index (κ2) is 15.8. The van der Waals surface area contributed by atoms with Gasteiger partial charge in [0.15, 0.2) is 5.82 Å². The van der Waals surface area contributed by atoms with Gasteiger partial charge in [0.2, 0.25) is 15.9 Å². The number of benzene rings is 2. The van der Waals surface area contributed by atoms with E-state index >= 15 is 8.78 Å². The van der Waals surface area contributed by atoms with Gasteiger partial charge >= 0.3 is 0 Å². The lowest BCUT2D eigenvalue weighted by atomic mass is 9.93. The fourth-order valence-electron chi connectivity index (χ4n) is 7.56. The van der Waals surface area contributed by atoms with Crippen molar-refractivity contribution in [3.63, 3.8) is 0 Å². The van der Waals surface area contributed by atoms with Gasteiger partial charge in [-0.1, -0.05) is 23.6 Å². The lowest BCUT2D eigenvalue weighted by Crippen LogP contribution is -2.46. The molecule has 2 saturated carbocycles. The number of alkyl halides is 4. The third-order valence-corrected chi connectivity index (χ3v) is 11.1. The Morgan fingerprint density at radius 3 is 2.54 bits per heavy atom. The number of anilines is 1. The van der Waals surface area contributed by atoms with E-state index in [4.69, 9.17) is 27.1 Å². The molecule has 1 saturated heterocycles. The Bertz CT molecular complexity index is 2580. The average molecular weight is 863 g/mol. The third-order valence-electron chi connectivity index (χ3n) is 10.2. The normalized spacial score (nSPS) is 23.1. The number of aryl methyl sites for hydroxylation is 1. The molecule has 4 atom stereocenters. The molecule has 3 fully saturated rings. The molecular formula is C39H37ClF6N8O4S. The topological polar surface area (TPSA) is 166 Å². The molecule has 2 aromatic heterocycles. The Morgan fingerprint density at radius 2 is 1.88 bits per heavy atom. The maximum Gasteiger partial charge on any atom is 0.292 e. The molecule has 2 aliphatic carbocycles. The van der Waals surface area contributed by atoms with Crippen LogP contribution in [0.2, 0.25) is 5.02 Å². The summed E-state index contributed by atoms with van der Waals surface area (Å²) in [7, 11) is -2.28. The number of sulfonamides is 1. The molecule has 1 aliphatic heterocycles. The van der Waals surface area contributed by atoms with Crippen LogP contribution < -0.4 is 21.1 Å². The molecule has 5 N–H and O–H groups in total. The van der Waals surface area contributed by atoms with Crippen LogP contribution in [0, 0.1) is 35.3 Å². The number of aromatic nitrogens is 3. The summed E-state index contributed by atoms with van der Waals surface area (Å²) >= 11 is 6.61. The molecular weight excluding hydrogens is 826 g/mol. The standard InChI is InChI=1S/C39H37ClF6N8O4S/c1-38(18-48-10-11-58-38)9-8-22-4-5-23(24-6-7-27(40)31-34(24)54(2)52-37(31)53-59(3,56)57)33(50-22)28(14-19-12-20(41)15-21(42)13-19)51-29(55)17-49-35-30(32(47)36(43)44)25-16-26(25)39(35,45)46/h4-7,12-13,15,25-26,28,36,48H,10-11,14,16-18,47H2,1-3H3,(H,51,55)(H,52,53)/t25-,26?,28-,38+/m0/s1. The molecule has 59 heavy (non-hydrogen) atoms. The summed E-state index contributed by atoms with van der Waals surface area (Å²) in [6, 6.07) is 7.76. The van der Waals surface area contributed by atoms with Crippen LogP contribution >= 0.6 is 11.6 Å². The van der Waals surface area contributed by atoms with E-state index in [0.29, 0.717) is 42.4 Å². The number of nitrogens with one attached hydrogen (secondary N) is 3. The Kier molecular flexibility index (Phi) is 11.2. The number of allylic oxidation sites excluding steroid dienone is 2. The van der Waals surface area contributed by atoms with Crippen LogP contribution in [0.25, 0.3) is 22.0 Å². The molecule has 312 valence electrons. The zero-order valence-electron chi connectivity index (χ0n) is 31.6. The number of hydrogen-bond acceptors (Lipinski definition) is 9. The number of halogens is 7. The lowest BCUT2D eigenvalue weighted by molar-refractivity contribution is -0.120. The van der Waals surface area contributed by atoms with Gasteiger partial charge in [0.1, 0.15) is 35.2 Å². The van der Waals surface area contributed by atoms with Crippen molar-refractivity contribution in [2.75, 3.05) is 37.2 Å². The highest BCUT2D eigenvalue weighted by Gasteiger charge is 2.67. The quantitative estimate of drug-likeness (QED) is 0.124. The summed E-state index contributed by atoms with van der Waals surface area (Å²) < 4.78 is 121. The number of nitrogens with zero attached hydrogens (tertiary/aromatic N) is 4. The van der Waals surface area contributed by atoms with Crippen molar-refractivity contribution in [2.24, 2.45) is 29.6 Å². The van der Waals surface area contributed by atoms with E-state index in [2.05, 4.69) is 37.3 Å². The number of morpholine rings is 1. The fraction of sp³-hybridized carbons (Fsp3) is 0.385. The highest BCUT2D eigenvalue weighted by atomic mass is 35.5. The van der Waals surface area contributed by atoms with Crippen molar-refractivity contribution in [3.8, 4) is 23.0 Å². The first kappa shape index (κ1) is 42.0. The van der Waals surface area contributed by atoms with Crippen molar-refractivity contribution in [1.82, 2.24) is 25.4 Å². The molecule has 3 aliphatic rings. The van der Waals surface area contributed by atoms with Crippen LogP contribution in [0.1, 0.15) is 36.3 Å². The molecule has 0 radical (unpaired) electrons. The number of ether oxygens (including phenoxy) is 1. The van der Waals surface area contributed by atoms with E-state index in [9.17, 15) is 30.8 Å². The van der Waals surface area contributed by atoms with Crippen molar-refractivity contribution >= 4 is 50.0 Å². The molecule has 2 aromatic carbocycles. The number of rotatable bonds is 10. The number of nitrogens with two attached hydrogens (primary N) is 1. The average Bonchev–Trinajstić information content (AvgIpc) is 3.84. The number of amides is 1. The summed E-state index contributed by atoms with van der Waals surface area (Å²) in [5.41, 5.74) is 3.50. The molecule has 12 nitrogen and oxygen atoms in total. The minimum atomic E-state index is -3.83. The molecule has 0 spiro atoms. The number of carbonyl (C=O) groups excluding carboxylic acids is 1. The summed E-state index contributed by atoms with van der Waals surface area (Å²) in [4.78, 5) is 22.4. The van der Waals surface area contributed by atoms with Crippen molar-refractivity contribution in [2.45, 2.75) is 43.8 Å². The van der Waals surface area contributed by atoms with Crippen LogP contribution in [0.4, 0.5) is 32.2 Å². The second-order valence-corrected chi connectivity index (χ2v) is 17.0. The van der Waals surface area contributed by atoms with Gasteiger partial charge in [-0.25, -0.2) is 31.0 Å². The number of hydrogen-bond donors (Lipinski definition) is 4. The van der Waals surface area contributed by atoms with E-state index in [-0.39, 0.29) is 46.0 Å². The minimum absolute atomic E-state index is 0.0524. The predicted octanol–water partition coefficient (Wildman–Crippen LogP) is 5.27. The Balaban J connectivity index is 1.37. The highest BCUT2D eigenvalue weighted by Crippen LogP contribution is 2.62. The number of aliphatic imine (C=N–C) groups is 1. The number of fused-ring (bicyclic) bond motifs is 2. The number of pyridine rings is 1. The summed E-state index contributed by atoms with van der Waals surface area (Å²) in [5.74, 6) is -2.61. The van der Waals surface area contributed by atoms with E-state index < -0.39 is 86.9 Å². The first-order chi connectivity index (χ1) is 27.7. The molecule has 4 aromatic rings. The summed E-state index contributed by atoms with van der Waals surface area (Å²) in [6.45, 7) is 2.27. The van der Waals surface area contributed by atoms with Crippen LogP contribution in [-0.2, 0) is 33.0 Å². The van der Waals surface area contributed by atoms with Gasteiger partial charge < -0.3 is 21.1 Å². The highest BCUT2D eigenvalue weighted by molar-refractivity contribution is 7.92. The smallest absolute Gasteiger partial charge is 0.292 e. The third kappa shape index (κ3) is 8.76. The summed E-state index contributed by atoms with van der Waals surface area (Å²) in [6.07, 6.45) is -2.65. The first-order valence-corrected chi connectivity index (χ1v) is 20.5. The van der Waals surface area contributed by atoms with Gasteiger partial charge in [-0.2, -0.15) is 13.9 Å². The van der Waals surface area contributed by atoms with Gasteiger partial charge in [0.25, 0.3) is 12.3 Å². The Hall–Kier alpha value is -5.16. The van der Waals surface area contributed by atoms with Crippen molar-refractivity contribution in [3.05, 3.63) is 87.3 Å². The lowest BCUT2D eigenvalue weighted by Gasteiger charge is -2.29. The van der Waals surface area contributed by atoms with Crippen LogP contribution in [-0.4, -0.2) is 85.2 Å². The zero-order chi connectivity index (χ0) is 42.6. The minimum Gasteiger partial charge on any atom is -0.397 e. The maximum atomic E-state index is 15.3. The van der Waals surface area contributed by atoms with Gasteiger partial charge in [-0.05, 0) is 67.5 Å². The number of carbonyl (C=O) groups is 1. The van der Waals surface area contributed by atoms with E-state index in [1.807, 2.05) is 0 Å². The van der Waals surface area contributed by atoms with Crippen molar-refractivity contribution in [1.29, 1.82) is 0 Å². The van der Waals surface area contributed by atoms with Gasteiger partial charge in [-0.15, -0.1) is 0 Å². The van der Waals surface area contributed by atoms with E-state index in [1.54, 1.807) is 32.2 Å². The molecule has 1 amide bonds. The van der Waals surface area contributed by atoms with Crippen LogP contribution in [0.15, 0.2) is 58.7 Å². The van der Waals surface area contributed by atoms with E-state index in [0.717, 1.165) is 18.4 Å². The molecule has 1 unspecified atom stereocenters. The van der Waals surface area contributed by atoms with Gasteiger partial charge in [-0.3, -0.25) is 19.2 Å². The summed E-state index contributed by atoms with van der Waals surface area (Å²) in [5, 5.41) is 10.6. The SMILES string of the molecule is Cn1nc(NS(C)(=O)=O)c2c(Cl)ccc(-c3ccc(C#C[C@]4(C)CNCCO4)nc3[C@H](Cc3cc(F)cc(F)c3)NC(=O)CN=C3C(=C(N)C(F)F)[C@H]4CC4C3(F)F)c21. The molecule has 20 heteroatoms. The predicted molar refractivity (Wildman–Crippen MR) is 209 cm³/mol. The molecule has 3 heterocycles. The maximum absolute atomic E-state index is 15.3. The monoisotopic (exact) mass is 862 g/mol. The van der Waals surface area contributed by atoms with Gasteiger partial charge in [0.05, 0.1) is 46.2 Å². The molecule has 7 rings (SSSR count).